The van der Waals surface area contributed by atoms with Gasteiger partial charge in [-0.2, -0.15) is 0 Å². The van der Waals surface area contributed by atoms with E-state index in [1.54, 1.807) is 43.5 Å². The molecule has 1 saturated heterocycles. The Kier molecular flexibility index (Phi) is 6.18. The van der Waals surface area contributed by atoms with Crippen LogP contribution in [0, 0.1) is 5.82 Å². The molecule has 8 heteroatoms. The topological polar surface area (TPSA) is 72.9 Å². The molecule has 28 heavy (non-hydrogen) atoms. The van der Waals surface area contributed by atoms with Crippen LogP contribution in [0.2, 0.25) is 0 Å². The molecule has 1 atom stereocenters. The van der Waals surface area contributed by atoms with Crippen molar-refractivity contribution in [2.75, 3.05) is 25.2 Å². The van der Waals surface area contributed by atoms with E-state index in [9.17, 15) is 17.6 Å². The summed E-state index contributed by atoms with van der Waals surface area (Å²) in [5.74, 6) is 0.377. The monoisotopic (exact) mass is 407 g/mol. The van der Waals surface area contributed by atoms with Crippen LogP contribution in [-0.2, 0) is 21.2 Å². The van der Waals surface area contributed by atoms with Gasteiger partial charge in [0.05, 0.1) is 18.6 Å². The Morgan fingerprint density at radius 1 is 1.18 bits per heavy atom. The summed E-state index contributed by atoms with van der Waals surface area (Å²) >= 11 is 0. The average molecular weight is 407 g/mol. The van der Waals surface area contributed by atoms with E-state index >= 15 is 0 Å². The minimum Gasteiger partial charge on any atom is -0.497 e. The molecule has 1 aliphatic heterocycles. The van der Waals surface area contributed by atoms with E-state index in [4.69, 9.17) is 9.47 Å². The number of rotatable bonds is 7. The Morgan fingerprint density at radius 3 is 2.50 bits per heavy atom. The fourth-order valence-electron chi connectivity index (χ4n) is 3.17. The van der Waals surface area contributed by atoms with Crippen LogP contribution in [0.15, 0.2) is 48.5 Å². The predicted octanol–water partition coefficient (Wildman–Crippen LogP) is 2.43. The Labute approximate surface area is 163 Å². The van der Waals surface area contributed by atoms with Crippen LogP contribution in [0.1, 0.15) is 12.0 Å². The van der Waals surface area contributed by atoms with Crippen molar-refractivity contribution < 1.29 is 27.1 Å². The summed E-state index contributed by atoms with van der Waals surface area (Å²) in [6, 6.07) is 12.3. The number of carbonyl (C=O) groups excluding carboxylic acids is 1. The molecular formula is C20H22FNO5S. The van der Waals surface area contributed by atoms with Crippen molar-refractivity contribution in [3.8, 4) is 11.5 Å². The third-order valence-corrected chi connectivity index (χ3v) is 6.38. The molecule has 3 rings (SSSR count). The lowest BCUT2D eigenvalue weighted by molar-refractivity contribution is -0.136. The normalized spacial score (nSPS) is 17.9. The summed E-state index contributed by atoms with van der Waals surface area (Å²) in [5, 5.41) is 0. The van der Waals surface area contributed by atoms with Gasteiger partial charge in [-0.3, -0.25) is 4.79 Å². The van der Waals surface area contributed by atoms with Gasteiger partial charge in [0.25, 0.3) is 5.91 Å². The second kappa shape index (κ2) is 8.60. The molecule has 0 N–H and O–H groups in total. The molecule has 0 aromatic heterocycles. The standard InChI is InChI=1S/C20H22FNO5S/c1-26-18-5-7-19(8-6-18)27-13-20(23)22(17-9-10-28(24,25)14-17)12-15-3-2-4-16(21)11-15/h2-8,11,17H,9-10,12-14H2,1H3/t17-/m1/s1. The summed E-state index contributed by atoms with van der Waals surface area (Å²) in [6.07, 6.45) is 0.367. The molecule has 2 aromatic carbocycles. The van der Waals surface area contributed by atoms with Gasteiger partial charge in [-0.15, -0.1) is 0 Å². The second-order valence-corrected chi connectivity index (χ2v) is 8.90. The van der Waals surface area contributed by atoms with E-state index < -0.39 is 21.7 Å². The van der Waals surface area contributed by atoms with Crippen molar-refractivity contribution in [1.82, 2.24) is 4.90 Å². The predicted molar refractivity (Wildman–Crippen MR) is 102 cm³/mol. The number of halogens is 1. The number of methoxy groups -OCH3 is 1. The van der Waals surface area contributed by atoms with Crippen molar-refractivity contribution in [1.29, 1.82) is 0 Å². The number of carbonyl (C=O) groups is 1. The van der Waals surface area contributed by atoms with E-state index in [1.165, 1.54) is 17.0 Å². The van der Waals surface area contributed by atoms with E-state index in [1.807, 2.05) is 0 Å². The Balaban J connectivity index is 1.72. The number of nitrogens with zero attached hydrogens (tertiary/aromatic N) is 1. The Hall–Kier alpha value is -2.61. The third-order valence-electron chi connectivity index (χ3n) is 4.63. The van der Waals surface area contributed by atoms with Gasteiger partial charge in [-0.05, 0) is 48.4 Å². The van der Waals surface area contributed by atoms with E-state index in [0.29, 0.717) is 23.5 Å². The highest BCUT2D eigenvalue weighted by molar-refractivity contribution is 7.91. The lowest BCUT2D eigenvalue weighted by Crippen LogP contribution is -2.43. The molecular weight excluding hydrogens is 385 g/mol. The van der Waals surface area contributed by atoms with Crippen LogP contribution >= 0.6 is 0 Å². The smallest absolute Gasteiger partial charge is 0.261 e. The molecule has 0 spiro atoms. The molecule has 150 valence electrons. The van der Waals surface area contributed by atoms with Crippen molar-refractivity contribution in [3.05, 3.63) is 59.9 Å². The number of hydrogen-bond donors (Lipinski definition) is 0. The largest absolute Gasteiger partial charge is 0.497 e. The summed E-state index contributed by atoms with van der Waals surface area (Å²) in [5.41, 5.74) is 0.599. The summed E-state index contributed by atoms with van der Waals surface area (Å²) < 4.78 is 47.9. The third kappa shape index (κ3) is 5.22. The maximum Gasteiger partial charge on any atom is 0.261 e. The number of sulfone groups is 1. The zero-order valence-corrected chi connectivity index (χ0v) is 16.3. The number of hydrogen-bond acceptors (Lipinski definition) is 5. The first-order valence-corrected chi connectivity index (χ1v) is 10.7. The Morgan fingerprint density at radius 2 is 1.89 bits per heavy atom. The van der Waals surface area contributed by atoms with Crippen LogP contribution in [0.5, 0.6) is 11.5 Å². The number of amides is 1. The van der Waals surface area contributed by atoms with Gasteiger partial charge >= 0.3 is 0 Å². The lowest BCUT2D eigenvalue weighted by atomic mass is 10.1. The highest BCUT2D eigenvalue weighted by Crippen LogP contribution is 2.22. The molecule has 1 fully saturated rings. The van der Waals surface area contributed by atoms with Crippen LogP contribution in [0.25, 0.3) is 0 Å². The highest BCUT2D eigenvalue weighted by atomic mass is 32.2. The van der Waals surface area contributed by atoms with Gasteiger partial charge in [0.1, 0.15) is 17.3 Å². The molecule has 2 aromatic rings. The SMILES string of the molecule is COc1ccc(OCC(=O)N(Cc2cccc(F)c2)[C@@H]2CCS(=O)(=O)C2)cc1. The van der Waals surface area contributed by atoms with Gasteiger partial charge in [0.2, 0.25) is 0 Å². The van der Waals surface area contributed by atoms with Gasteiger partial charge in [0.15, 0.2) is 16.4 Å². The van der Waals surface area contributed by atoms with Gasteiger partial charge < -0.3 is 14.4 Å². The highest BCUT2D eigenvalue weighted by Gasteiger charge is 2.34. The lowest BCUT2D eigenvalue weighted by Gasteiger charge is -2.28. The van der Waals surface area contributed by atoms with E-state index in [0.717, 1.165) is 0 Å². The van der Waals surface area contributed by atoms with Crippen molar-refractivity contribution in [2.45, 2.75) is 19.0 Å². The average Bonchev–Trinajstić information content (AvgIpc) is 3.04. The fraction of sp³-hybridized carbons (Fsp3) is 0.350. The zero-order valence-electron chi connectivity index (χ0n) is 15.5. The van der Waals surface area contributed by atoms with Crippen LogP contribution in [0.3, 0.4) is 0 Å². The van der Waals surface area contributed by atoms with Gasteiger partial charge in [-0.1, -0.05) is 12.1 Å². The molecule has 1 amide bonds. The van der Waals surface area contributed by atoms with Crippen LogP contribution < -0.4 is 9.47 Å². The molecule has 0 aliphatic carbocycles. The minimum atomic E-state index is -3.17. The molecule has 6 nitrogen and oxygen atoms in total. The van der Waals surface area contributed by atoms with Crippen LogP contribution in [0.4, 0.5) is 4.39 Å². The summed E-state index contributed by atoms with van der Waals surface area (Å²) in [7, 11) is -1.62. The van der Waals surface area contributed by atoms with E-state index in [-0.39, 0.29) is 30.6 Å². The van der Waals surface area contributed by atoms with Gasteiger partial charge in [-0.25, -0.2) is 12.8 Å². The maximum atomic E-state index is 13.5. The molecule has 1 aliphatic rings. The second-order valence-electron chi connectivity index (χ2n) is 6.67. The van der Waals surface area contributed by atoms with Crippen molar-refractivity contribution >= 4 is 15.7 Å². The minimum absolute atomic E-state index is 0.0456. The van der Waals surface area contributed by atoms with Gasteiger partial charge in [0, 0.05) is 12.6 Å². The number of benzene rings is 2. The zero-order chi connectivity index (χ0) is 20.1. The summed E-state index contributed by atoms with van der Waals surface area (Å²) in [4.78, 5) is 14.3. The molecule has 0 radical (unpaired) electrons. The van der Waals surface area contributed by atoms with Crippen molar-refractivity contribution in [3.63, 3.8) is 0 Å². The maximum absolute atomic E-state index is 13.5. The first-order valence-electron chi connectivity index (χ1n) is 8.87. The summed E-state index contributed by atoms with van der Waals surface area (Å²) in [6.45, 7) is -0.110. The van der Waals surface area contributed by atoms with Crippen molar-refractivity contribution in [2.24, 2.45) is 0 Å². The van der Waals surface area contributed by atoms with E-state index in [2.05, 4.69) is 0 Å². The molecule has 0 unspecified atom stereocenters. The number of ether oxygens (including phenoxy) is 2. The van der Waals surface area contributed by atoms with Crippen LogP contribution in [-0.4, -0.2) is 50.5 Å². The molecule has 0 bridgehead atoms. The first kappa shape index (κ1) is 20.1. The quantitative estimate of drug-likeness (QED) is 0.705. The molecule has 0 saturated carbocycles. The molecule has 1 heterocycles. The fourth-order valence-corrected chi connectivity index (χ4v) is 4.90. The first-order chi connectivity index (χ1) is 13.4. The Bertz CT molecular complexity index is 930.